The van der Waals surface area contributed by atoms with Crippen LogP contribution in [0.2, 0.25) is 0 Å². The number of phenols is 1. The predicted molar refractivity (Wildman–Crippen MR) is 67.3 cm³/mol. The summed E-state index contributed by atoms with van der Waals surface area (Å²) in [6.07, 6.45) is 0. The highest BCUT2D eigenvalue weighted by atomic mass is 32.3. The molecule has 2 aromatic carbocycles. The molecule has 0 radical (unpaired) electrons. The second-order valence-corrected chi connectivity index (χ2v) is 4.63. The van der Waals surface area contributed by atoms with E-state index in [4.69, 9.17) is 4.55 Å². The Bertz CT molecular complexity index is 696. The summed E-state index contributed by atoms with van der Waals surface area (Å²) in [7, 11) is -2.90. The lowest BCUT2D eigenvalue weighted by molar-refractivity contribution is 0.386. The number of aromatic hydroxyl groups is 1. The standard InChI is InChI=1S/C11H11NO5S/c1-12-9-4-2-3-7-5-8(17-18(14,15)16)6-10(13)11(7)9/h2-6,12-13H,1H3,(H,14,15,16). The third kappa shape index (κ3) is 2.47. The smallest absolute Gasteiger partial charge is 0.446 e. The number of rotatable bonds is 3. The Hall–Kier alpha value is -1.99. The van der Waals surface area contributed by atoms with E-state index in [1.54, 1.807) is 25.2 Å². The second-order valence-electron chi connectivity index (χ2n) is 3.61. The van der Waals surface area contributed by atoms with Gasteiger partial charge in [0.15, 0.2) is 0 Å². The van der Waals surface area contributed by atoms with Gasteiger partial charge in [0.25, 0.3) is 0 Å². The minimum absolute atomic E-state index is 0.142. The van der Waals surface area contributed by atoms with Crippen LogP contribution in [0.1, 0.15) is 0 Å². The molecule has 6 nitrogen and oxygen atoms in total. The van der Waals surface area contributed by atoms with Gasteiger partial charge in [0.2, 0.25) is 0 Å². The molecule has 0 aliphatic rings. The van der Waals surface area contributed by atoms with Gasteiger partial charge in [-0.25, -0.2) is 0 Å². The average molecular weight is 269 g/mol. The molecule has 7 heteroatoms. The fourth-order valence-electron chi connectivity index (χ4n) is 1.76. The van der Waals surface area contributed by atoms with E-state index in [1.807, 2.05) is 0 Å². The first-order valence-corrected chi connectivity index (χ1v) is 6.37. The quantitative estimate of drug-likeness (QED) is 0.735. The normalized spacial score (nSPS) is 11.4. The van der Waals surface area contributed by atoms with Crippen LogP contribution >= 0.6 is 0 Å². The fourth-order valence-corrected chi connectivity index (χ4v) is 2.10. The molecule has 18 heavy (non-hydrogen) atoms. The van der Waals surface area contributed by atoms with Crippen LogP contribution in [0, 0.1) is 0 Å². The summed E-state index contributed by atoms with van der Waals surface area (Å²) in [5, 5.41) is 13.9. The Kier molecular flexibility index (Phi) is 3.02. The highest BCUT2D eigenvalue weighted by molar-refractivity contribution is 7.81. The molecule has 0 heterocycles. The first kappa shape index (κ1) is 12.5. The zero-order valence-electron chi connectivity index (χ0n) is 9.41. The van der Waals surface area contributed by atoms with Crippen LogP contribution < -0.4 is 9.50 Å². The number of anilines is 1. The Labute approximate surface area is 104 Å². The van der Waals surface area contributed by atoms with Gasteiger partial charge in [-0.3, -0.25) is 4.55 Å². The van der Waals surface area contributed by atoms with Crippen molar-refractivity contribution >= 4 is 26.9 Å². The molecule has 0 spiro atoms. The molecular weight excluding hydrogens is 258 g/mol. The van der Waals surface area contributed by atoms with Crippen LogP contribution in [0.15, 0.2) is 30.3 Å². The molecule has 0 aliphatic carbocycles. The van der Waals surface area contributed by atoms with E-state index in [-0.39, 0.29) is 11.5 Å². The molecular formula is C11H11NO5S. The van der Waals surface area contributed by atoms with E-state index in [0.717, 1.165) is 6.07 Å². The summed E-state index contributed by atoms with van der Waals surface area (Å²) in [5.41, 5.74) is 0.698. The van der Waals surface area contributed by atoms with E-state index in [9.17, 15) is 13.5 Å². The first-order valence-electron chi connectivity index (χ1n) is 5.01. The zero-order valence-corrected chi connectivity index (χ0v) is 10.2. The van der Waals surface area contributed by atoms with Crippen molar-refractivity contribution < 1.29 is 22.3 Å². The zero-order chi connectivity index (χ0) is 13.3. The summed E-state index contributed by atoms with van der Waals surface area (Å²) < 4.78 is 34.1. The average Bonchev–Trinajstić information content (AvgIpc) is 2.25. The molecule has 0 amide bonds. The summed E-state index contributed by atoms with van der Waals surface area (Å²) in [5.74, 6) is -0.299. The van der Waals surface area contributed by atoms with Crippen molar-refractivity contribution in [2.24, 2.45) is 0 Å². The molecule has 2 rings (SSSR count). The molecule has 0 saturated carbocycles. The van der Waals surface area contributed by atoms with Crippen LogP contribution in [-0.4, -0.2) is 25.1 Å². The van der Waals surface area contributed by atoms with E-state index in [2.05, 4.69) is 9.50 Å². The van der Waals surface area contributed by atoms with Crippen LogP contribution in [0.3, 0.4) is 0 Å². The fraction of sp³-hybridized carbons (Fsp3) is 0.0909. The Morgan fingerprint density at radius 3 is 2.61 bits per heavy atom. The molecule has 96 valence electrons. The van der Waals surface area contributed by atoms with E-state index in [0.29, 0.717) is 16.5 Å². The minimum atomic E-state index is -4.61. The number of benzene rings is 2. The molecule has 0 aromatic heterocycles. The molecule has 0 atom stereocenters. The Morgan fingerprint density at radius 1 is 1.28 bits per heavy atom. The van der Waals surface area contributed by atoms with Crippen molar-refractivity contribution in [1.29, 1.82) is 0 Å². The van der Waals surface area contributed by atoms with Gasteiger partial charge < -0.3 is 14.6 Å². The molecule has 0 unspecified atom stereocenters. The van der Waals surface area contributed by atoms with Crippen LogP contribution in [0.4, 0.5) is 5.69 Å². The highest BCUT2D eigenvalue weighted by Crippen LogP contribution is 2.35. The Morgan fingerprint density at radius 2 is 2.00 bits per heavy atom. The lowest BCUT2D eigenvalue weighted by Crippen LogP contribution is -2.06. The number of nitrogens with one attached hydrogen (secondary N) is 1. The van der Waals surface area contributed by atoms with Gasteiger partial charge in [0, 0.05) is 24.2 Å². The molecule has 0 bridgehead atoms. The largest absolute Gasteiger partial charge is 0.507 e. The van der Waals surface area contributed by atoms with Gasteiger partial charge in [0.1, 0.15) is 11.5 Å². The first-order chi connectivity index (χ1) is 8.40. The lowest BCUT2D eigenvalue weighted by Gasteiger charge is -2.09. The lowest BCUT2D eigenvalue weighted by atomic mass is 10.1. The summed E-state index contributed by atoms with van der Waals surface area (Å²) in [6, 6.07) is 7.73. The van der Waals surface area contributed by atoms with Gasteiger partial charge in [-0.15, -0.1) is 0 Å². The van der Waals surface area contributed by atoms with Crippen molar-refractivity contribution in [3.05, 3.63) is 30.3 Å². The van der Waals surface area contributed by atoms with Crippen molar-refractivity contribution in [2.75, 3.05) is 12.4 Å². The van der Waals surface area contributed by atoms with Crippen molar-refractivity contribution in [3.8, 4) is 11.5 Å². The van der Waals surface area contributed by atoms with Crippen molar-refractivity contribution in [1.82, 2.24) is 0 Å². The number of phenolic OH excluding ortho intramolecular Hbond substituents is 1. The molecule has 0 fully saturated rings. The SMILES string of the molecule is CNc1cccc2cc(OS(=O)(=O)O)cc(O)c12. The monoisotopic (exact) mass is 269 g/mol. The van der Waals surface area contributed by atoms with Crippen molar-refractivity contribution in [2.45, 2.75) is 0 Å². The minimum Gasteiger partial charge on any atom is -0.507 e. The van der Waals surface area contributed by atoms with Gasteiger partial charge in [-0.2, -0.15) is 8.42 Å². The van der Waals surface area contributed by atoms with Crippen molar-refractivity contribution in [3.63, 3.8) is 0 Å². The maximum absolute atomic E-state index is 10.6. The third-order valence-electron chi connectivity index (χ3n) is 2.40. The number of hydrogen-bond donors (Lipinski definition) is 3. The van der Waals surface area contributed by atoms with Gasteiger partial charge in [0.05, 0.1) is 0 Å². The van der Waals surface area contributed by atoms with Gasteiger partial charge in [-0.1, -0.05) is 12.1 Å². The van der Waals surface area contributed by atoms with E-state index >= 15 is 0 Å². The van der Waals surface area contributed by atoms with Crippen LogP contribution in [0.25, 0.3) is 10.8 Å². The second kappa shape index (κ2) is 4.35. The number of hydrogen-bond acceptors (Lipinski definition) is 5. The van der Waals surface area contributed by atoms with Crippen LogP contribution in [-0.2, 0) is 10.4 Å². The van der Waals surface area contributed by atoms with E-state index < -0.39 is 10.4 Å². The van der Waals surface area contributed by atoms with Gasteiger partial charge >= 0.3 is 10.4 Å². The maximum Gasteiger partial charge on any atom is 0.446 e. The number of fused-ring (bicyclic) bond motifs is 1. The predicted octanol–water partition coefficient (Wildman–Crippen LogP) is 1.77. The van der Waals surface area contributed by atoms with E-state index in [1.165, 1.54) is 6.07 Å². The summed E-state index contributed by atoms with van der Waals surface area (Å²) >= 11 is 0. The topological polar surface area (TPSA) is 95.9 Å². The third-order valence-corrected chi connectivity index (χ3v) is 2.80. The van der Waals surface area contributed by atoms with Crippen LogP contribution in [0.5, 0.6) is 11.5 Å². The highest BCUT2D eigenvalue weighted by Gasteiger charge is 2.12. The summed E-state index contributed by atoms with van der Waals surface area (Å²) in [4.78, 5) is 0. The summed E-state index contributed by atoms with van der Waals surface area (Å²) in [6.45, 7) is 0. The molecule has 0 aliphatic heterocycles. The van der Waals surface area contributed by atoms with Gasteiger partial charge in [-0.05, 0) is 17.5 Å². The maximum atomic E-state index is 10.6. The Balaban J connectivity index is 2.64. The molecule has 2 aromatic rings. The molecule has 0 saturated heterocycles. The molecule has 3 N–H and O–H groups in total.